The SMILES string of the molecule is COC(=O)C1C(C)C1c1ccc(S(N)(=O)=O)cc1. The Morgan fingerprint density at radius 2 is 1.83 bits per heavy atom. The summed E-state index contributed by atoms with van der Waals surface area (Å²) in [6.07, 6.45) is 0. The zero-order chi connectivity index (χ0) is 13.5. The number of methoxy groups -OCH3 is 1. The van der Waals surface area contributed by atoms with Gasteiger partial charge in [-0.2, -0.15) is 0 Å². The summed E-state index contributed by atoms with van der Waals surface area (Å²) >= 11 is 0. The lowest BCUT2D eigenvalue weighted by atomic mass is 10.1. The quantitative estimate of drug-likeness (QED) is 0.824. The average Bonchev–Trinajstić information content (AvgIpc) is 2.99. The molecule has 1 aromatic rings. The van der Waals surface area contributed by atoms with Crippen molar-refractivity contribution in [2.75, 3.05) is 7.11 Å². The first kappa shape index (κ1) is 13.0. The highest BCUT2D eigenvalue weighted by Crippen LogP contribution is 2.54. The Hall–Kier alpha value is -1.40. The topological polar surface area (TPSA) is 86.5 Å². The fourth-order valence-corrected chi connectivity index (χ4v) is 2.87. The normalized spacial score (nSPS) is 26.7. The predicted molar refractivity (Wildman–Crippen MR) is 65.2 cm³/mol. The Bertz CT molecular complexity index is 564. The fourth-order valence-electron chi connectivity index (χ4n) is 2.35. The lowest BCUT2D eigenvalue weighted by molar-refractivity contribution is -0.142. The summed E-state index contributed by atoms with van der Waals surface area (Å²) in [6, 6.07) is 6.32. The van der Waals surface area contributed by atoms with Crippen LogP contribution >= 0.6 is 0 Å². The zero-order valence-electron chi connectivity index (χ0n) is 10.2. The molecule has 6 heteroatoms. The minimum Gasteiger partial charge on any atom is -0.469 e. The molecule has 1 fully saturated rings. The molecule has 1 saturated carbocycles. The fraction of sp³-hybridized carbons (Fsp3) is 0.417. The minimum atomic E-state index is -3.66. The smallest absolute Gasteiger partial charge is 0.309 e. The Morgan fingerprint density at radius 3 is 2.28 bits per heavy atom. The number of esters is 1. The third-order valence-electron chi connectivity index (χ3n) is 3.45. The molecule has 0 spiro atoms. The van der Waals surface area contributed by atoms with Crippen LogP contribution in [0.25, 0.3) is 0 Å². The van der Waals surface area contributed by atoms with Crippen LogP contribution in [-0.4, -0.2) is 21.5 Å². The number of hydrogen-bond donors (Lipinski definition) is 1. The van der Waals surface area contributed by atoms with Crippen LogP contribution in [0.15, 0.2) is 29.2 Å². The van der Waals surface area contributed by atoms with Gasteiger partial charge in [0.2, 0.25) is 10.0 Å². The summed E-state index contributed by atoms with van der Waals surface area (Å²) < 4.78 is 27.0. The van der Waals surface area contributed by atoms with E-state index in [0.717, 1.165) is 5.56 Å². The number of carbonyl (C=O) groups is 1. The number of benzene rings is 1. The lowest BCUT2D eigenvalue weighted by Crippen LogP contribution is -2.11. The van der Waals surface area contributed by atoms with Gasteiger partial charge in [-0.3, -0.25) is 4.79 Å². The first-order valence-corrected chi connectivity index (χ1v) is 7.11. The van der Waals surface area contributed by atoms with Gasteiger partial charge in [-0.25, -0.2) is 13.6 Å². The van der Waals surface area contributed by atoms with Gasteiger partial charge in [-0.1, -0.05) is 19.1 Å². The van der Waals surface area contributed by atoms with Crippen molar-refractivity contribution in [3.05, 3.63) is 29.8 Å². The van der Waals surface area contributed by atoms with Gasteiger partial charge in [0.1, 0.15) is 0 Å². The van der Waals surface area contributed by atoms with Crippen LogP contribution in [0.3, 0.4) is 0 Å². The van der Waals surface area contributed by atoms with Gasteiger partial charge in [0.05, 0.1) is 17.9 Å². The van der Waals surface area contributed by atoms with Crippen LogP contribution in [0.5, 0.6) is 0 Å². The lowest BCUT2D eigenvalue weighted by Gasteiger charge is -2.02. The van der Waals surface area contributed by atoms with E-state index in [2.05, 4.69) is 0 Å². The number of rotatable bonds is 3. The van der Waals surface area contributed by atoms with Crippen molar-refractivity contribution in [3.63, 3.8) is 0 Å². The molecule has 3 atom stereocenters. The first-order chi connectivity index (χ1) is 8.36. The Labute approximate surface area is 106 Å². The van der Waals surface area contributed by atoms with Gasteiger partial charge in [0, 0.05) is 5.92 Å². The molecule has 0 amide bonds. The summed E-state index contributed by atoms with van der Waals surface area (Å²) in [4.78, 5) is 11.5. The third kappa shape index (κ3) is 2.26. The van der Waals surface area contributed by atoms with Crippen molar-refractivity contribution in [1.82, 2.24) is 0 Å². The molecule has 1 aliphatic carbocycles. The summed E-state index contributed by atoms with van der Waals surface area (Å²) in [5, 5.41) is 5.02. The molecule has 2 N–H and O–H groups in total. The van der Waals surface area contributed by atoms with E-state index in [1.807, 2.05) is 6.92 Å². The second-order valence-corrected chi connectivity index (χ2v) is 6.11. The highest BCUT2D eigenvalue weighted by molar-refractivity contribution is 7.89. The summed E-state index contributed by atoms with van der Waals surface area (Å²) in [5.41, 5.74) is 0.935. The summed E-state index contributed by atoms with van der Waals surface area (Å²) in [5.74, 6) is -0.0249. The number of nitrogens with two attached hydrogens (primary N) is 1. The average molecular weight is 269 g/mol. The van der Waals surface area contributed by atoms with Gasteiger partial charge >= 0.3 is 5.97 Å². The zero-order valence-corrected chi connectivity index (χ0v) is 11.0. The number of sulfonamides is 1. The van der Waals surface area contributed by atoms with Gasteiger partial charge in [-0.15, -0.1) is 0 Å². The largest absolute Gasteiger partial charge is 0.469 e. The molecule has 98 valence electrons. The van der Waals surface area contributed by atoms with Crippen molar-refractivity contribution in [3.8, 4) is 0 Å². The molecule has 0 aliphatic heterocycles. The number of carbonyl (C=O) groups excluding carboxylic acids is 1. The molecule has 0 bridgehead atoms. The molecule has 0 radical (unpaired) electrons. The Kier molecular flexibility index (Phi) is 3.16. The molecular formula is C12H15NO4S. The van der Waals surface area contributed by atoms with Gasteiger partial charge in [0.15, 0.2) is 0 Å². The molecule has 0 saturated heterocycles. The minimum absolute atomic E-state index is 0.0779. The van der Waals surface area contributed by atoms with Crippen molar-refractivity contribution >= 4 is 16.0 Å². The Balaban J connectivity index is 2.20. The molecule has 18 heavy (non-hydrogen) atoms. The van der Waals surface area contributed by atoms with E-state index in [-0.39, 0.29) is 28.6 Å². The molecule has 5 nitrogen and oxygen atoms in total. The van der Waals surface area contributed by atoms with Crippen molar-refractivity contribution in [2.24, 2.45) is 17.0 Å². The second-order valence-electron chi connectivity index (χ2n) is 4.55. The number of ether oxygens (including phenoxy) is 1. The first-order valence-electron chi connectivity index (χ1n) is 5.57. The summed E-state index contributed by atoms with van der Waals surface area (Å²) in [6.45, 7) is 1.97. The van der Waals surface area contributed by atoms with Crippen molar-refractivity contribution in [2.45, 2.75) is 17.7 Å². The van der Waals surface area contributed by atoms with Crippen LogP contribution in [0.4, 0.5) is 0 Å². The molecule has 1 aliphatic rings. The van der Waals surface area contributed by atoms with E-state index in [4.69, 9.17) is 9.88 Å². The number of primary sulfonamides is 1. The van der Waals surface area contributed by atoms with Gasteiger partial charge in [-0.05, 0) is 23.6 Å². The van der Waals surface area contributed by atoms with Crippen LogP contribution in [0, 0.1) is 11.8 Å². The van der Waals surface area contributed by atoms with Gasteiger partial charge < -0.3 is 4.74 Å². The van der Waals surface area contributed by atoms with Crippen LogP contribution in [-0.2, 0) is 19.6 Å². The molecular weight excluding hydrogens is 254 g/mol. The van der Waals surface area contributed by atoms with Crippen molar-refractivity contribution < 1.29 is 17.9 Å². The maximum atomic E-state index is 11.5. The third-order valence-corrected chi connectivity index (χ3v) is 4.38. The molecule has 3 unspecified atom stereocenters. The van der Waals surface area contributed by atoms with Crippen LogP contribution in [0.2, 0.25) is 0 Å². The molecule has 0 heterocycles. The number of hydrogen-bond acceptors (Lipinski definition) is 4. The second kappa shape index (κ2) is 4.37. The van der Waals surface area contributed by atoms with E-state index in [0.29, 0.717) is 0 Å². The summed E-state index contributed by atoms with van der Waals surface area (Å²) in [7, 11) is -2.29. The molecule has 2 rings (SSSR count). The maximum absolute atomic E-state index is 11.5. The highest BCUT2D eigenvalue weighted by Gasteiger charge is 2.53. The van der Waals surface area contributed by atoms with Gasteiger partial charge in [0.25, 0.3) is 0 Å². The van der Waals surface area contributed by atoms with Crippen molar-refractivity contribution in [1.29, 1.82) is 0 Å². The van der Waals surface area contributed by atoms with E-state index < -0.39 is 10.0 Å². The highest BCUT2D eigenvalue weighted by atomic mass is 32.2. The van der Waals surface area contributed by atoms with E-state index in [1.54, 1.807) is 12.1 Å². The molecule has 1 aromatic carbocycles. The monoisotopic (exact) mass is 269 g/mol. The van der Waals surface area contributed by atoms with E-state index in [9.17, 15) is 13.2 Å². The van der Waals surface area contributed by atoms with E-state index >= 15 is 0 Å². The maximum Gasteiger partial charge on any atom is 0.309 e. The standard InChI is InChI=1S/C12H15NO4S/c1-7-10(11(7)12(14)17-2)8-3-5-9(6-4-8)18(13,15)16/h3-7,10-11H,1-2H3,(H2,13,15,16). The molecule has 0 aromatic heterocycles. The predicted octanol–water partition coefficient (Wildman–Crippen LogP) is 0.856. The van der Waals surface area contributed by atoms with E-state index in [1.165, 1.54) is 19.2 Å². The van der Waals surface area contributed by atoms with Crippen LogP contribution < -0.4 is 5.14 Å². The Morgan fingerprint density at radius 1 is 1.28 bits per heavy atom. The van der Waals surface area contributed by atoms with Crippen LogP contribution in [0.1, 0.15) is 18.4 Å².